The van der Waals surface area contributed by atoms with Crippen LogP contribution < -0.4 is 4.74 Å². The molecule has 30 heavy (non-hydrogen) atoms. The molecule has 0 saturated carbocycles. The molecule has 1 atom stereocenters. The Balaban J connectivity index is 2.10. The van der Waals surface area contributed by atoms with E-state index >= 15 is 0 Å². The quantitative estimate of drug-likeness (QED) is 0.409. The number of carbonyl (C=O) groups is 1. The van der Waals surface area contributed by atoms with E-state index in [1.165, 1.54) is 17.0 Å². The van der Waals surface area contributed by atoms with E-state index in [1.807, 2.05) is 6.92 Å². The molecule has 1 aromatic carbocycles. The molecule has 1 aromatic heterocycles. The molecule has 0 aliphatic carbocycles. The van der Waals surface area contributed by atoms with Crippen molar-refractivity contribution in [2.45, 2.75) is 32.6 Å². The minimum Gasteiger partial charge on any atom is -0.419 e. The van der Waals surface area contributed by atoms with Crippen LogP contribution >= 0.6 is 0 Å². The molecule has 0 spiro atoms. The largest absolute Gasteiger partial charge is 0.419 e. The van der Waals surface area contributed by atoms with Crippen LogP contribution in [0.5, 0.6) is 11.8 Å². The Labute approximate surface area is 173 Å². The van der Waals surface area contributed by atoms with Crippen LogP contribution in [-0.4, -0.2) is 40.5 Å². The summed E-state index contributed by atoms with van der Waals surface area (Å²) < 4.78 is 37.4. The molecule has 0 fully saturated rings. The summed E-state index contributed by atoms with van der Waals surface area (Å²) in [6, 6.07) is 5.77. The SMILES string of the molecule is C=CC(F)=N/C=C(\C)C(=O)N(C)C[C@H](CCC)c1nc(Oc2ccccc2F)no1. The van der Waals surface area contributed by atoms with Gasteiger partial charge in [0.25, 0.3) is 5.91 Å². The van der Waals surface area contributed by atoms with Crippen molar-refractivity contribution in [1.29, 1.82) is 0 Å². The van der Waals surface area contributed by atoms with Crippen molar-refractivity contribution in [1.82, 2.24) is 15.0 Å². The molecule has 0 aliphatic heterocycles. The summed E-state index contributed by atoms with van der Waals surface area (Å²) in [6.45, 7) is 7.07. The number of carbonyl (C=O) groups excluding carboxylic acids is 1. The highest BCUT2D eigenvalue weighted by Crippen LogP contribution is 2.26. The number of para-hydroxylation sites is 1. The zero-order valence-corrected chi connectivity index (χ0v) is 17.1. The highest BCUT2D eigenvalue weighted by molar-refractivity contribution is 5.93. The fourth-order valence-corrected chi connectivity index (χ4v) is 2.68. The van der Waals surface area contributed by atoms with Gasteiger partial charge in [-0.2, -0.15) is 9.37 Å². The first-order valence-corrected chi connectivity index (χ1v) is 9.39. The van der Waals surface area contributed by atoms with Gasteiger partial charge in [-0.05, 0) is 36.7 Å². The molecule has 1 heterocycles. The summed E-state index contributed by atoms with van der Waals surface area (Å²) in [7, 11) is 1.61. The Morgan fingerprint density at radius 1 is 1.43 bits per heavy atom. The lowest BCUT2D eigenvalue weighted by molar-refractivity contribution is -0.126. The first-order valence-electron chi connectivity index (χ1n) is 9.39. The molecule has 0 bridgehead atoms. The van der Waals surface area contributed by atoms with E-state index in [1.54, 1.807) is 26.1 Å². The number of aromatic nitrogens is 2. The van der Waals surface area contributed by atoms with E-state index in [4.69, 9.17) is 9.26 Å². The standard InChI is InChI=1S/C21H24F2N4O3/c1-5-9-15(13-27(4)20(28)14(3)12-24-18(23)6-2)19-25-21(26-30-19)29-17-11-8-7-10-16(17)22/h6-8,10-12,15H,2,5,9,13H2,1,3-4H3/b14-12+,24-18?/t15-/m0/s1. The zero-order chi connectivity index (χ0) is 22.1. The molecule has 0 aliphatic rings. The van der Waals surface area contributed by atoms with Crippen LogP contribution in [0.2, 0.25) is 0 Å². The van der Waals surface area contributed by atoms with E-state index in [0.717, 1.165) is 18.7 Å². The van der Waals surface area contributed by atoms with Crippen molar-refractivity contribution < 1.29 is 22.8 Å². The lowest BCUT2D eigenvalue weighted by Gasteiger charge is -2.21. The van der Waals surface area contributed by atoms with Crippen LogP contribution in [0.1, 0.15) is 38.5 Å². The molecule has 1 amide bonds. The van der Waals surface area contributed by atoms with Crippen LogP contribution in [0, 0.1) is 5.82 Å². The Morgan fingerprint density at radius 3 is 2.83 bits per heavy atom. The van der Waals surface area contributed by atoms with Gasteiger partial charge in [-0.1, -0.05) is 32.1 Å². The molecular weight excluding hydrogens is 394 g/mol. The van der Waals surface area contributed by atoms with Gasteiger partial charge in [-0.15, -0.1) is 0 Å². The molecule has 0 unspecified atom stereocenters. The number of ether oxygens (including phenoxy) is 1. The third kappa shape index (κ3) is 6.33. The van der Waals surface area contributed by atoms with E-state index in [9.17, 15) is 13.6 Å². The Hall–Kier alpha value is -3.36. The average Bonchev–Trinajstić information content (AvgIpc) is 3.20. The summed E-state index contributed by atoms with van der Waals surface area (Å²) in [6.07, 6.45) is 3.58. The number of nitrogens with zero attached hydrogens (tertiary/aromatic N) is 4. The normalized spacial score (nSPS) is 13.1. The highest BCUT2D eigenvalue weighted by atomic mass is 19.1. The topological polar surface area (TPSA) is 80.8 Å². The van der Waals surface area contributed by atoms with Gasteiger partial charge in [0.05, 0.1) is 5.92 Å². The van der Waals surface area contributed by atoms with Crippen molar-refractivity contribution >= 4 is 11.9 Å². The molecule has 160 valence electrons. The second-order valence-corrected chi connectivity index (χ2v) is 6.59. The molecule has 0 N–H and O–H groups in total. The van der Waals surface area contributed by atoms with E-state index in [0.29, 0.717) is 6.42 Å². The summed E-state index contributed by atoms with van der Waals surface area (Å²) in [5.74, 6) is -1.63. The average molecular weight is 418 g/mol. The maximum Gasteiger partial charge on any atom is 0.359 e. The number of amides is 1. The van der Waals surface area contributed by atoms with Crippen LogP contribution in [0.3, 0.4) is 0 Å². The van der Waals surface area contributed by atoms with Gasteiger partial charge >= 0.3 is 6.01 Å². The van der Waals surface area contributed by atoms with Crippen LogP contribution in [0.15, 0.2) is 58.2 Å². The first kappa shape index (κ1) is 22.9. The molecule has 2 rings (SSSR count). The third-order valence-corrected chi connectivity index (χ3v) is 4.18. The predicted octanol–water partition coefficient (Wildman–Crippen LogP) is 4.80. The number of allylic oxidation sites excluding steroid dienone is 1. The van der Waals surface area contributed by atoms with Crippen molar-refractivity contribution in [3.8, 4) is 11.8 Å². The van der Waals surface area contributed by atoms with Crippen LogP contribution in [-0.2, 0) is 4.79 Å². The number of likely N-dealkylation sites (N-methyl/N-ethyl adjacent to an activating group) is 1. The summed E-state index contributed by atoms with van der Waals surface area (Å²) in [5.41, 5.74) is 0.263. The summed E-state index contributed by atoms with van der Waals surface area (Å²) in [5, 5.41) is 3.74. The first-order chi connectivity index (χ1) is 14.3. The maximum absolute atomic E-state index is 13.7. The van der Waals surface area contributed by atoms with Crippen LogP contribution in [0.4, 0.5) is 8.78 Å². The van der Waals surface area contributed by atoms with Gasteiger partial charge in [0.1, 0.15) is 0 Å². The second kappa shape index (κ2) is 11.0. The van der Waals surface area contributed by atoms with Gasteiger partial charge in [0, 0.05) is 25.4 Å². The Kier molecular flexibility index (Phi) is 8.40. The number of halogens is 2. The maximum atomic E-state index is 13.7. The van der Waals surface area contributed by atoms with Crippen molar-refractivity contribution in [2.24, 2.45) is 4.99 Å². The van der Waals surface area contributed by atoms with Gasteiger partial charge in [-0.25, -0.2) is 9.38 Å². The van der Waals surface area contributed by atoms with Gasteiger partial charge in [-0.3, -0.25) is 4.79 Å². The monoisotopic (exact) mass is 418 g/mol. The van der Waals surface area contributed by atoms with E-state index in [2.05, 4.69) is 21.7 Å². The Bertz CT molecular complexity index is 940. The molecule has 0 saturated heterocycles. The zero-order valence-electron chi connectivity index (χ0n) is 17.1. The molecule has 7 nitrogen and oxygen atoms in total. The summed E-state index contributed by atoms with van der Waals surface area (Å²) >= 11 is 0. The second-order valence-electron chi connectivity index (χ2n) is 6.59. The number of benzene rings is 1. The molecule has 9 heteroatoms. The van der Waals surface area contributed by atoms with Crippen molar-refractivity contribution in [3.63, 3.8) is 0 Å². The Morgan fingerprint density at radius 2 is 2.17 bits per heavy atom. The number of aliphatic imine (C=N–C) groups is 1. The fraction of sp³-hybridized carbons (Fsp3) is 0.333. The fourth-order valence-electron chi connectivity index (χ4n) is 2.68. The molecule has 0 radical (unpaired) electrons. The highest BCUT2D eigenvalue weighted by Gasteiger charge is 2.24. The van der Waals surface area contributed by atoms with Gasteiger partial charge < -0.3 is 14.2 Å². The summed E-state index contributed by atoms with van der Waals surface area (Å²) in [4.78, 5) is 21.7. The van der Waals surface area contributed by atoms with Gasteiger partial charge in [0.2, 0.25) is 11.9 Å². The van der Waals surface area contributed by atoms with E-state index in [-0.39, 0.29) is 41.6 Å². The number of rotatable bonds is 10. The minimum absolute atomic E-state index is 0.0164. The van der Waals surface area contributed by atoms with Gasteiger partial charge in [0.15, 0.2) is 11.6 Å². The number of hydrogen-bond donors (Lipinski definition) is 0. The molecule has 2 aromatic rings. The number of hydrogen-bond acceptors (Lipinski definition) is 6. The van der Waals surface area contributed by atoms with Crippen LogP contribution in [0.25, 0.3) is 0 Å². The third-order valence-electron chi connectivity index (χ3n) is 4.18. The minimum atomic E-state index is -0.776. The van der Waals surface area contributed by atoms with E-state index < -0.39 is 11.8 Å². The predicted molar refractivity (Wildman–Crippen MR) is 109 cm³/mol. The smallest absolute Gasteiger partial charge is 0.359 e. The lowest BCUT2D eigenvalue weighted by atomic mass is 10.0. The van der Waals surface area contributed by atoms with Crippen molar-refractivity contribution in [2.75, 3.05) is 13.6 Å². The molecular formula is C21H24F2N4O3. The lowest BCUT2D eigenvalue weighted by Crippen LogP contribution is -2.31. The van der Waals surface area contributed by atoms with Crippen molar-refractivity contribution in [3.05, 3.63) is 60.4 Å².